The van der Waals surface area contributed by atoms with Gasteiger partial charge in [-0.3, -0.25) is 4.79 Å². The summed E-state index contributed by atoms with van der Waals surface area (Å²) in [4.78, 5) is 12.1. The summed E-state index contributed by atoms with van der Waals surface area (Å²) in [6, 6.07) is 0. The second-order valence-corrected chi connectivity index (χ2v) is 6.90. The summed E-state index contributed by atoms with van der Waals surface area (Å²) in [5.41, 5.74) is 0.0739. The summed E-state index contributed by atoms with van der Waals surface area (Å²) >= 11 is 0. The van der Waals surface area contributed by atoms with Crippen molar-refractivity contribution in [3.05, 3.63) is 0 Å². The van der Waals surface area contributed by atoms with Gasteiger partial charge in [0.15, 0.2) is 0 Å². The average molecular weight is 220 g/mol. The van der Waals surface area contributed by atoms with Crippen LogP contribution in [0.1, 0.15) is 52.4 Å². The lowest BCUT2D eigenvalue weighted by Crippen LogP contribution is -2.66. The Bertz CT molecular complexity index is 386. The molecule has 4 rings (SSSR count). The van der Waals surface area contributed by atoms with Crippen LogP contribution in [0, 0.1) is 22.7 Å². The second kappa shape index (κ2) is 2.34. The van der Waals surface area contributed by atoms with Crippen LogP contribution in [0.25, 0.3) is 0 Å². The highest BCUT2D eigenvalue weighted by atomic mass is 16.6. The van der Waals surface area contributed by atoms with E-state index < -0.39 is 0 Å². The minimum Gasteiger partial charge on any atom is -0.457 e. The Hall–Kier alpha value is -0.530. The first-order valence-electron chi connectivity index (χ1n) is 6.80. The van der Waals surface area contributed by atoms with Gasteiger partial charge in [0, 0.05) is 5.92 Å². The zero-order valence-electron chi connectivity index (χ0n) is 10.2. The van der Waals surface area contributed by atoms with Gasteiger partial charge in [-0.2, -0.15) is 0 Å². The van der Waals surface area contributed by atoms with Gasteiger partial charge in [-0.15, -0.1) is 0 Å². The Morgan fingerprint density at radius 3 is 2.62 bits per heavy atom. The van der Waals surface area contributed by atoms with Crippen LogP contribution in [0.15, 0.2) is 0 Å². The molecular formula is C14H20O2. The molecule has 0 spiro atoms. The summed E-state index contributed by atoms with van der Waals surface area (Å²) in [7, 11) is 0. The highest BCUT2D eigenvalue weighted by Gasteiger charge is 2.85. The van der Waals surface area contributed by atoms with Crippen LogP contribution in [0.2, 0.25) is 0 Å². The monoisotopic (exact) mass is 220 g/mol. The largest absolute Gasteiger partial charge is 0.457 e. The molecule has 0 N–H and O–H groups in total. The Labute approximate surface area is 96.7 Å². The van der Waals surface area contributed by atoms with E-state index in [1.165, 1.54) is 25.7 Å². The molecule has 0 amide bonds. The van der Waals surface area contributed by atoms with E-state index in [0.29, 0.717) is 5.92 Å². The van der Waals surface area contributed by atoms with Crippen LogP contribution in [-0.4, -0.2) is 11.6 Å². The van der Waals surface area contributed by atoms with Gasteiger partial charge < -0.3 is 4.74 Å². The normalized spacial score (nSPS) is 56.2. The van der Waals surface area contributed by atoms with E-state index in [1.54, 1.807) is 0 Å². The van der Waals surface area contributed by atoms with Crippen LogP contribution < -0.4 is 0 Å². The van der Waals surface area contributed by atoms with E-state index in [2.05, 4.69) is 13.8 Å². The number of hydrogen-bond donors (Lipinski definition) is 0. The fourth-order valence-corrected chi connectivity index (χ4v) is 6.07. The predicted molar refractivity (Wildman–Crippen MR) is 59.7 cm³/mol. The van der Waals surface area contributed by atoms with E-state index in [1.807, 2.05) is 0 Å². The van der Waals surface area contributed by atoms with E-state index in [4.69, 9.17) is 4.74 Å². The molecule has 0 radical (unpaired) electrons. The van der Waals surface area contributed by atoms with Crippen molar-refractivity contribution >= 4 is 5.97 Å². The van der Waals surface area contributed by atoms with E-state index in [-0.39, 0.29) is 22.4 Å². The van der Waals surface area contributed by atoms with Crippen LogP contribution in [0.3, 0.4) is 0 Å². The van der Waals surface area contributed by atoms with Gasteiger partial charge in [-0.1, -0.05) is 20.3 Å². The first-order valence-corrected chi connectivity index (χ1v) is 6.80. The molecule has 1 heterocycles. The Balaban J connectivity index is 1.94. The summed E-state index contributed by atoms with van der Waals surface area (Å²) in [6.07, 6.45) is 7.38. The molecule has 3 aliphatic carbocycles. The van der Waals surface area contributed by atoms with Crippen molar-refractivity contribution in [2.75, 3.05) is 0 Å². The zero-order valence-corrected chi connectivity index (χ0v) is 10.2. The number of rotatable bonds is 0. The molecule has 2 heteroatoms. The van der Waals surface area contributed by atoms with E-state index in [0.717, 1.165) is 18.8 Å². The number of esters is 1. The van der Waals surface area contributed by atoms with Gasteiger partial charge in [0.05, 0.1) is 0 Å². The fourth-order valence-electron chi connectivity index (χ4n) is 6.07. The Morgan fingerprint density at radius 1 is 1.12 bits per heavy atom. The molecule has 1 aliphatic heterocycles. The molecule has 2 nitrogen and oxygen atoms in total. The molecule has 4 atom stereocenters. The molecule has 2 unspecified atom stereocenters. The number of carbonyl (C=O) groups excluding carboxylic acids is 1. The van der Waals surface area contributed by atoms with Crippen LogP contribution in [0.5, 0.6) is 0 Å². The first kappa shape index (κ1) is 9.49. The number of fused-ring (bicyclic) bond motifs is 1. The minimum absolute atomic E-state index is 0.0191. The van der Waals surface area contributed by atoms with E-state index >= 15 is 0 Å². The summed E-state index contributed by atoms with van der Waals surface area (Å²) < 4.78 is 5.78. The fraction of sp³-hybridized carbons (Fsp3) is 0.929. The molecule has 4 fully saturated rings. The van der Waals surface area contributed by atoms with Crippen molar-refractivity contribution in [2.24, 2.45) is 22.7 Å². The van der Waals surface area contributed by atoms with Gasteiger partial charge in [-0.05, 0) is 43.4 Å². The molecule has 0 aromatic carbocycles. The molecule has 0 aromatic rings. The highest BCUT2D eigenvalue weighted by Crippen LogP contribution is 2.79. The van der Waals surface area contributed by atoms with Crippen molar-refractivity contribution in [3.8, 4) is 0 Å². The predicted octanol–water partition coefficient (Wildman–Crippen LogP) is 2.91. The standard InChI is InChI=1S/C14H20O2/c1-12(2)9-5-3-6-10(9)14-8-4-7-13(12,14)11(15)16-14/h9-10H,3-8H2,1-2H3/t9?,10?,13-,14+/m1/s1. The second-order valence-electron chi connectivity index (χ2n) is 6.90. The Morgan fingerprint density at radius 2 is 1.88 bits per heavy atom. The summed E-state index contributed by atoms with van der Waals surface area (Å²) in [6.45, 7) is 4.67. The molecule has 3 saturated carbocycles. The van der Waals surface area contributed by atoms with Crippen LogP contribution in [-0.2, 0) is 9.53 Å². The third-order valence-corrected chi connectivity index (χ3v) is 6.59. The van der Waals surface area contributed by atoms with Crippen LogP contribution >= 0.6 is 0 Å². The maximum absolute atomic E-state index is 12.1. The van der Waals surface area contributed by atoms with Crippen LogP contribution in [0.4, 0.5) is 0 Å². The molecule has 0 aromatic heterocycles. The molecule has 4 aliphatic rings. The molecular weight excluding hydrogens is 200 g/mol. The summed E-state index contributed by atoms with van der Waals surface area (Å²) in [5.74, 6) is 1.55. The van der Waals surface area contributed by atoms with Crippen molar-refractivity contribution in [3.63, 3.8) is 0 Å². The lowest BCUT2D eigenvalue weighted by molar-refractivity contribution is -0.248. The Kier molecular flexibility index (Phi) is 1.39. The number of carbonyl (C=O) groups is 1. The van der Waals surface area contributed by atoms with Gasteiger partial charge in [0.25, 0.3) is 0 Å². The molecule has 0 bridgehead atoms. The maximum Gasteiger partial charge on any atom is 0.317 e. The lowest BCUT2D eigenvalue weighted by Gasteiger charge is -2.55. The van der Waals surface area contributed by atoms with Gasteiger partial charge >= 0.3 is 5.97 Å². The molecule has 16 heavy (non-hydrogen) atoms. The van der Waals surface area contributed by atoms with Gasteiger partial charge in [-0.25, -0.2) is 0 Å². The SMILES string of the molecule is CC1(C)C2CCCC2[C@@]23CCC[C@@]12C(=O)O3. The van der Waals surface area contributed by atoms with Crippen molar-refractivity contribution < 1.29 is 9.53 Å². The zero-order chi connectivity index (χ0) is 11.2. The van der Waals surface area contributed by atoms with E-state index in [9.17, 15) is 4.79 Å². The highest BCUT2D eigenvalue weighted by molar-refractivity contribution is 5.88. The van der Waals surface area contributed by atoms with Crippen molar-refractivity contribution in [2.45, 2.75) is 58.0 Å². The number of hydrogen-bond acceptors (Lipinski definition) is 2. The average Bonchev–Trinajstić information content (AvgIpc) is 2.80. The quantitative estimate of drug-likeness (QED) is 0.587. The topological polar surface area (TPSA) is 26.3 Å². The van der Waals surface area contributed by atoms with Crippen molar-refractivity contribution in [1.29, 1.82) is 0 Å². The molecule has 1 saturated heterocycles. The van der Waals surface area contributed by atoms with Crippen molar-refractivity contribution in [1.82, 2.24) is 0 Å². The maximum atomic E-state index is 12.1. The number of ether oxygens (including phenoxy) is 1. The molecule has 88 valence electrons. The third-order valence-electron chi connectivity index (χ3n) is 6.59. The minimum atomic E-state index is -0.0875. The van der Waals surface area contributed by atoms with Gasteiger partial charge in [0.1, 0.15) is 11.0 Å². The summed E-state index contributed by atoms with van der Waals surface area (Å²) in [5, 5.41) is 0. The van der Waals surface area contributed by atoms with Gasteiger partial charge in [0.2, 0.25) is 0 Å². The lowest BCUT2D eigenvalue weighted by atomic mass is 9.58. The third kappa shape index (κ3) is 0.613. The first-order chi connectivity index (χ1) is 7.56. The smallest absolute Gasteiger partial charge is 0.317 e.